The minimum absolute atomic E-state index is 0.948. The first-order valence-corrected chi connectivity index (χ1v) is 17.1. The molecule has 0 aliphatic rings. The van der Waals surface area contributed by atoms with Crippen molar-refractivity contribution in [1.29, 1.82) is 0 Å². The summed E-state index contributed by atoms with van der Waals surface area (Å²) in [6, 6.07) is 71.7. The Morgan fingerprint density at radius 3 is 1.32 bits per heavy atom. The number of pyridine rings is 1. The molecule has 1 heteroatoms. The third kappa shape index (κ3) is 5.66. The van der Waals surface area contributed by atoms with Gasteiger partial charge in [0.2, 0.25) is 0 Å². The molecule has 1 aromatic heterocycles. The number of nitrogens with zero attached hydrogens (tertiary/aromatic N) is 1. The van der Waals surface area contributed by atoms with Crippen LogP contribution in [0.3, 0.4) is 0 Å². The van der Waals surface area contributed by atoms with Gasteiger partial charge in [-0.15, -0.1) is 0 Å². The molecular weight excluding hydrogens is 603 g/mol. The summed E-state index contributed by atoms with van der Waals surface area (Å²) in [5.41, 5.74) is 13.6. The number of rotatable bonds is 6. The summed E-state index contributed by atoms with van der Waals surface area (Å²) in [7, 11) is 0. The second kappa shape index (κ2) is 12.8. The third-order valence-corrected chi connectivity index (χ3v) is 9.68. The first-order chi connectivity index (χ1) is 24.8. The second-order valence-corrected chi connectivity index (χ2v) is 12.8. The van der Waals surface area contributed by atoms with E-state index in [0.29, 0.717) is 0 Å². The standard InChI is InChI=1S/C49H33N/c1-3-12-34(13-4-1)36-22-24-38(25-23-36)43-32-48(39-28-26-37(27-29-39)35-14-5-2-6-15-35)50-49(33-43)42-18-11-17-40(30-42)47-31-41-16-7-8-19-44(41)45-20-9-10-21-46(45)47/h1-33H. The molecule has 0 saturated heterocycles. The maximum atomic E-state index is 5.31. The Labute approximate surface area is 292 Å². The van der Waals surface area contributed by atoms with Gasteiger partial charge in [0.25, 0.3) is 0 Å². The first kappa shape index (κ1) is 29.6. The fourth-order valence-corrected chi connectivity index (χ4v) is 7.08. The van der Waals surface area contributed by atoms with Gasteiger partial charge in [0, 0.05) is 11.1 Å². The van der Waals surface area contributed by atoms with Gasteiger partial charge in [0.15, 0.2) is 0 Å². The van der Waals surface area contributed by atoms with Crippen LogP contribution >= 0.6 is 0 Å². The molecule has 9 rings (SSSR count). The molecule has 0 aliphatic heterocycles. The molecule has 9 aromatic rings. The highest BCUT2D eigenvalue weighted by molar-refractivity contribution is 6.13. The zero-order valence-electron chi connectivity index (χ0n) is 27.5. The van der Waals surface area contributed by atoms with Crippen molar-refractivity contribution in [3.8, 4) is 67.0 Å². The molecule has 0 amide bonds. The monoisotopic (exact) mass is 635 g/mol. The van der Waals surface area contributed by atoms with Crippen molar-refractivity contribution in [3.63, 3.8) is 0 Å². The molecule has 0 saturated carbocycles. The Morgan fingerprint density at radius 1 is 0.240 bits per heavy atom. The van der Waals surface area contributed by atoms with E-state index in [1.54, 1.807) is 0 Å². The maximum Gasteiger partial charge on any atom is 0.0715 e. The third-order valence-electron chi connectivity index (χ3n) is 9.68. The summed E-state index contributed by atoms with van der Waals surface area (Å²) in [6.45, 7) is 0. The van der Waals surface area contributed by atoms with E-state index in [-0.39, 0.29) is 0 Å². The van der Waals surface area contributed by atoms with Crippen LogP contribution in [0.2, 0.25) is 0 Å². The van der Waals surface area contributed by atoms with E-state index in [1.807, 2.05) is 0 Å². The summed E-state index contributed by atoms with van der Waals surface area (Å²) < 4.78 is 0. The lowest BCUT2D eigenvalue weighted by Crippen LogP contribution is -1.92. The van der Waals surface area contributed by atoms with Crippen molar-refractivity contribution in [2.45, 2.75) is 0 Å². The molecule has 0 unspecified atom stereocenters. The molecule has 0 bridgehead atoms. The van der Waals surface area contributed by atoms with Crippen molar-refractivity contribution >= 4 is 21.5 Å². The number of benzene rings is 8. The molecule has 0 atom stereocenters. The summed E-state index contributed by atoms with van der Waals surface area (Å²) in [6.07, 6.45) is 0. The van der Waals surface area contributed by atoms with Gasteiger partial charge in [-0.3, -0.25) is 0 Å². The minimum atomic E-state index is 0.948. The Morgan fingerprint density at radius 2 is 0.680 bits per heavy atom. The van der Waals surface area contributed by atoms with Crippen molar-refractivity contribution < 1.29 is 0 Å². The molecule has 50 heavy (non-hydrogen) atoms. The molecule has 1 nitrogen and oxygen atoms in total. The number of aromatic nitrogens is 1. The van der Waals surface area contributed by atoms with Crippen molar-refractivity contribution in [3.05, 3.63) is 200 Å². The van der Waals surface area contributed by atoms with Gasteiger partial charge in [-0.1, -0.05) is 176 Å². The van der Waals surface area contributed by atoms with Crippen molar-refractivity contribution in [2.75, 3.05) is 0 Å². The highest BCUT2D eigenvalue weighted by atomic mass is 14.7. The predicted molar refractivity (Wildman–Crippen MR) is 212 cm³/mol. The normalized spacial score (nSPS) is 11.2. The molecule has 234 valence electrons. The minimum Gasteiger partial charge on any atom is -0.248 e. The zero-order valence-corrected chi connectivity index (χ0v) is 27.5. The van der Waals surface area contributed by atoms with Gasteiger partial charge < -0.3 is 0 Å². The second-order valence-electron chi connectivity index (χ2n) is 12.8. The van der Waals surface area contributed by atoms with Crippen LogP contribution in [0.1, 0.15) is 0 Å². The molecular formula is C49H33N. The van der Waals surface area contributed by atoms with E-state index in [4.69, 9.17) is 4.98 Å². The predicted octanol–water partition coefficient (Wildman–Crippen LogP) is 13.4. The lowest BCUT2D eigenvalue weighted by molar-refractivity contribution is 1.32. The number of fused-ring (bicyclic) bond motifs is 3. The first-order valence-electron chi connectivity index (χ1n) is 17.1. The maximum absolute atomic E-state index is 5.31. The van der Waals surface area contributed by atoms with E-state index in [9.17, 15) is 0 Å². The number of hydrogen-bond donors (Lipinski definition) is 0. The van der Waals surface area contributed by atoms with Crippen LogP contribution in [-0.4, -0.2) is 4.98 Å². The Kier molecular flexibility index (Phi) is 7.57. The van der Waals surface area contributed by atoms with Crippen LogP contribution in [0, 0.1) is 0 Å². The molecule has 0 radical (unpaired) electrons. The largest absolute Gasteiger partial charge is 0.248 e. The highest BCUT2D eigenvalue weighted by Crippen LogP contribution is 2.38. The Bertz CT molecular complexity index is 2500. The van der Waals surface area contributed by atoms with E-state index in [2.05, 4.69) is 200 Å². The zero-order chi connectivity index (χ0) is 33.3. The summed E-state index contributed by atoms with van der Waals surface area (Å²) in [4.78, 5) is 5.31. The van der Waals surface area contributed by atoms with Gasteiger partial charge in [-0.05, 0) is 90.3 Å². The van der Waals surface area contributed by atoms with Crippen LogP contribution in [0.15, 0.2) is 200 Å². The molecule has 0 aliphatic carbocycles. The van der Waals surface area contributed by atoms with E-state index >= 15 is 0 Å². The van der Waals surface area contributed by atoms with Crippen LogP contribution < -0.4 is 0 Å². The quantitative estimate of drug-likeness (QED) is 0.166. The average Bonchev–Trinajstić information content (AvgIpc) is 3.21. The SMILES string of the molecule is c1ccc(-c2ccc(-c3cc(-c4ccc(-c5ccccc5)cc4)nc(-c4cccc(-c5cc6ccccc6c6ccccc56)c4)c3)cc2)cc1. The van der Waals surface area contributed by atoms with Crippen LogP contribution in [0.25, 0.3) is 88.6 Å². The van der Waals surface area contributed by atoms with Crippen molar-refractivity contribution in [2.24, 2.45) is 0 Å². The van der Waals surface area contributed by atoms with Crippen LogP contribution in [-0.2, 0) is 0 Å². The fourth-order valence-electron chi connectivity index (χ4n) is 7.08. The van der Waals surface area contributed by atoms with Gasteiger partial charge in [-0.2, -0.15) is 0 Å². The van der Waals surface area contributed by atoms with Gasteiger partial charge in [0.1, 0.15) is 0 Å². The summed E-state index contributed by atoms with van der Waals surface area (Å²) in [5.74, 6) is 0. The van der Waals surface area contributed by atoms with E-state index in [0.717, 1.165) is 33.6 Å². The van der Waals surface area contributed by atoms with Gasteiger partial charge in [-0.25, -0.2) is 4.98 Å². The lowest BCUT2D eigenvalue weighted by Gasteiger charge is -2.14. The van der Waals surface area contributed by atoms with E-state index in [1.165, 1.54) is 54.9 Å². The Hall–Kier alpha value is -6.57. The van der Waals surface area contributed by atoms with Crippen LogP contribution in [0.4, 0.5) is 0 Å². The van der Waals surface area contributed by atoms with Gasteiger partial charge >= 0.3 is 0 Å². The fraction of sp³-hybridized carbons (Fsp3) is 0. The summed E-state index contributed by atoms with van der Waals surface area (Å²) >= 11 is 0. The smallest absolute Gasteiger partial charge is 0.0715 e. The topological polar surface area (TPSA) is 12.9 Å². The van der Waals surface area contributed by atoms with Crippen molar-refractivity contribution in [1.82, 2.24) is 4.98 Å². The van der Waals surface area contributed by atoms with E-state index < -0.39 is 0 Å². The molecule has 0 N–H and O–H groups in total. The van der Waals surface area contributed by atoms with Gasteiger partial charge in [0.05, 0.1) is 11.4 Å². The lowest BCUT2D eigenvalue weighted by atomic mass is 9.92. The molecule has 1 heterocycles. The average molecular weight is 636 g/mol. The van der Waals surface area contributed by atoms with Crippen LogP contribution in [0.5, 0.6) is 0 Å². The molecule has 8 aromatic carbocycles. The summed E-state index contributed by atoms with van der Waals surface area (Å²) in [5, 5.41) is 5.04. The molecule has 0 spiro atoms. The Balaban J connectivity index is 1.17. The molecule has 0 fully saturated rings. The highest BCUT2D eigenvalue weighted by Gasteiger charge is 2.13. The number of hydrogen-bond acceptors (Lipinski definition) is 1.